The Hall–Kier alpha value is -0.460. The fourth-order valence-electron chi connectivity index (χ4n) is 0.623. The predicted molar refractivity (Wildman–Crippen MR) is 49.1 cm³/mol. The number of halogens is 4. The minimum atomic E-state index is -4.29. The first-order valence-corrected chi connectivity index (χ1v) is 5.56. The summed E-state index contributed by atoms with van der Waals surface area (Å²) in [5.74, 6) is 0. The van der Waals surface area contributed by atoms with Gasteiger partial charge in [-0.3, -0.25) is 4.98 Å². The van der Waals surface area contributed by atoms with E-state index in [0.717, 1.165) is 12.3 Å². The molecule has 0 radical (unpaired) electrons. The third-order valence-corrected chi connectivity index (χ3v) is 2.61. The molecule has 66 valence electrons. The Bertz CT molecular complexity index is 278. The van der Waals surface area contributed by atoms with Crippen LogP contribution >= 0.6 is 20.7 Å². The Balaban J connectivity index is 3.00. The lowest BCUT2D eigenvalue weighted by atomic mass is 10.3. The number of alkyl halides is 3. The van der Waals surface area contributed by atoms with Gasteiger partial charge in [0.05, 0.1) is 9.26 Å². The van der Waals surface area contributed by atoms with Crippen LogP contribution in [-0.4, -0.2) is 9.50 Å². The van der Waals surface area contributed by atoms with E-state index in [1.54, 1.807) is 0 Å². The lowest BCUT2D eigenvalue weighted by Gasteiger charge is -2.04. The van der Waals surface area contributed by atoms with Crippen LogP contribution in [0.25, 0.3) is 0 Å². The van der Waals surface area contributed by atoms with Crippen molar-refractivity contribution in [1.29, 1.82) is 0 Å². The molecule has 12 heavy (non-hydrogen) atoms. The molecule has 0 saturated heterocycles. The number of hydrogen-bond donors (Lipinski definition) is 0. The number of rotatable bonds is 1. The van der Waals surface area contributed by atoms with Crippen molar-refractivity contribution in [2.45, 2.75) is 6.18 Å². The van der Waals surface area contributed by atoms with E-state index < -0.39 is 32.5 Å². The highest BCUT2D eigenvalue weighted by atomic mass is 127. The normalized spacial score (nSPS) is 11.6. The molecule has 0 saturated carbocycles. The monoisotopic (exact) mass is 287 g/mol. The van der Waals surface area contributed by atoms with Gasteiger partial charge in [-0.2, -0.15) is 13.2 Å². The van der Waals surface area contributed by atoms with Gasteiger partial charge < -0.3 is 0 Å². The summed E-state index contributed by atoms with van der Waals surface area (Å²) in [6.07, 6.45) is -3.44. The number of nitrogens with zero attached hydrogens (tertiary/aromatic N) is 1. The average molecular weight is 287 g/mol. The topological polar surface area (TPSA) is 12.9 Å². The van der Waals surface area contributed by atoms with Gasteiger partial charge in [-0.25, -0.2) is 0 Å². The summed E-state index contributed by atoms with van der Waals surface area (Å²) in [6, 6.07) is 2.41. The smallest absolute Gasteiger partial charge is 0.250 e. The molecule has 0 aliphatic rings. The second-order valence-corrected chi connectivity index (χ2v) is 3.87. The van der Waals surface area contributed by atoms with Crippen molar-refractivity contribution in [2.24, 2.45) is 0 Å². The molecule has 0 aliphatic heterocycles. The van der Waals surface area contributed by atoms with Crippen LogP contribution in [0.15, 0.2) is 18.3 Å². The Kier molecular flexibility index (Phi) is 2.81. The van der Waals surface area contributed by atoms with E-state index in [4.69, 9.17) is 0 Å². The first-order chi connectivity index (χ1) is 5.54. The fourth-order valence-corrected chi connectivity index (χ4v) is 1.39. The lowest BCUT2D eigenvalue weighted by molar-refractivity contribution is -0.137. The van der Waals surface area contributed by atoms with Crippen LogP contribution in [0.2, 0.25) is 0 Å². The summed E-state index contributed by atoms with van der Waals surface area (Å²) in [7, 11) is 0. The minimum absolute atomic E-state index is 0.469. The first-order valence-electron chi connectivity index (χ1n) is 2.95. The maximum atomic E-state index is 12.0. The van der Waals surface area contributed by atoms with Gasteiger partial charge in [-0.15, -0.1) is 0 Å². The second kappa shape index (κ2) is 3.51. The van der Waals surface area contributed by atoms with Gasteiger partial charge in [0.2, 0.25) is 0 Å². The third-order valence-electron chi connectivity index (χ3n) is 1.19. The highest BCUT2D eigenvalue weighted by molar-refractivity contribution is 14.2. The van der Waals surface area contributed by atoms with Crippen molar-refractivity contribution in [3.8, 4) is 0 Å². The molecule has 0 aromatic carbocycles. The zero-order chi connectivity index (χ0) is 9.19. The van der Waals surface area contributed by atoms with Crippen molar-refractivity contribution >= 4 is 25.2 Å². The van der Waals surface area contributed by atoms with Gasteiger partial charge in [-0.05, 0) is 12.1 Å². The Morgan fingerprint density at radius 3 is 2.33 bits per heavy atom. The summed E-state index contributed by atoms with van der Waals surface area (Å²) in [6.45, 7) is 0. The summed E-state index contributed by atoms with van der Waals surface area (Å²) < 4.78 is 40.2. The highest BCUT2D eigenvalue weighted by Crippen LogP contribution is 2.28. The van der Waals surface area contributed by atoms with E-state index in [-0.39, 0.29) is 0 Å². The summed E-state index contributed by atoms with van der Waals surface area (Å²) in [4.78, 5) is 3.63. The quantitative estimate of drug-likeness (QED) is 0.571. The molecule has 0 aliphatic carbocycles. The van der Waals surface area contributed by atoms with Crippen LogP contribution in [0, 0.1) is 3.70 Å². The van der Waals surface area contributed by atoms with Gasteiger partial charge in [0, 0.05) is 6.20 Å². The lowest BCUT2D eigenvalue weighted by Crippen LogP contribution is -2.05. The van der Waals surface area contributed by atoms with Crippen LogP contribution in [-0.2, 0) is 6.18 Å². The molecule has 0 spiro atoms. The number of hydrogen-bond acceptors (Lipinski definition) is 1. The molecule has 0 bridgehead atoms. The molecule has 1 aromatic rings. The Morgan fingerprint density at radius 2 is 2.00 bits per heavy atom. The third kappa shape index (κ3) is 2.26. The summed E-state index contributed by atoms with van der Waals surface area (Å²) in [5.41, 5.74) is -0.705. The van der Waals surface area contributed by atoms with Crippen LogP contribution < -0.4 is 0 Å². The molecular formula is C7H5F3IN. The van der Waals surface area contributed by atoms with E-state index in [1.165, 1.54) is 6.07 Å². The first kappa shape index (κ1) is 9.63. The van der Waals surface area contributed by atoms with Crippen molar-refractivity contribution in [3.05, 3.63) is 27.6 Å². The molecule has 1 aromatic heterocycles. The Morgan fingerprint density at radius 1 is 1.33 bits per heavy atom. The SMILES string of the molecule is C=Ic1ccc(C(F)(F)F)cn1. The van der Waals surface area contributed by atoms with Crippen LogP contribution in [0.3, 0.4) is 0 Å². The second-order valence-electron chi connectivity index (χ2n) is 2.00. The van der Waals surface area contributed by atoms with Gasteiger partial charge in [-0.1, -0.05) is 25.2 Å². The fraction of sp³-hybridized carbons (Fsp3) is 0.143. The number of aromatic nitrogens is 1. The van der Waals surface area contributed by atoms with Gasteiger partial charge in [0.25, 0.3) is 0 Å². The summed E-state index contributed by atoms with van der Waals surface area (Å²) in [5, 5.41) is 0. The van der Waals surface area contributed by atoms with Crippen LogP contribution in [0.1, 0.15) is 5.56 Å². The Labute approximate surface area is 77.4 Å². The van der Waals surface area contributed by atoms with Crippen LogP contribution in [0.5, 0.6) is 0 Å². The summed E-state index contributed by atoms with van der Waals surface area (Å²) >= 11 is -0.469. The molecule has 0 unspecified atom stereocenters. The largest absolute Gasteiger partial charge is 0.417 e. The van der Waals surface area contributed by atoms with Gasteiger partial charge in [0.1, 0.15) is 0 Å². The molecule has 1 rings (SSSR count). The zero-order valence-corrected chi connectivity index (χ0v) is 8.06. The van der Waals surface area contributed by atoms with Gasteiger partial charge in [0.15, 0.2) is 0 Å². The van der Waals surface area contributed by atoms with Crippen molar-refractivity contribution in [3.63, 3.8) is 0 Å². The van der Waals surface area contributed by atoms with E-state index in [9.17, 15) is 13.2 Å². The molecule has 0 N–H and O–H groups in total. The molecule has 1 nitrogen and oxygen atoms in total. The molecule has 0 atom stereocenters. The minimum Gasteiger partial charge on any atom is -0.250 e. The predicted octanol–water partition coefficient (Wildman–Crippen LogP) is 2.67. The maximum absolute atomic E-state index is 12.0. The van der Waals surface area contributed by atoms with E-state index in [1.807, 2.05) is 0 Å². The molecule has 5 heteroatoms. The number of pyridine rings is 1. The van der Waals surface area contributed by atoms with Crippen molar-refractivity contribution in [2.75, 3.05) is 0 Å². The standard InChI is InChI=1S/C7H5F3IN/c1-11-6-3-2-5(4-12-6)7(8,9)10/h2-4H,1H2. The molecule has 0 fully saturated rings. The van der Waals surface area contributed by atoms with E-state index >= 15 is 0 Å². The average Bonchev–Trinajstić information content (AvgIpc) is 2.03. The molecule has 1 heterocycles. The van der Waals surface area contributed by atoms with E-state index in [2.05, 4.69) is 9.50 Å². The highest BCUT2D eigenvalue weighted by Gasteiger charge is 2.30. The molecule has 0 amide bonds. The van der Waals surface area contributed by atoms with Crippen molar-refractivity contribution < 1.29 is 13.2 Å². The van der Waals surface area contributed by atoms with Gasteiger partial charge >= 0.3 is 6.18 Å². The van der Waals surface area contributed by atoms with Crippen molar-refractivity contribution in [1.82, 2.24) is 4.98 Å². The zero-order valence-electron chi connectivity index (χ0n) is 5.90. The van der Waals surface area contributed by atoms with Crippen LogP contribution in [0.4, 0.5) is 13.2 Å². The molecular weight excluding hydrogens is 282 g/mol. The maximum Gasteiger partial charge on any atom is 0.417 e. The van der Waals surface area contributed by atoms with E-state index in [0.29, 0.717) is 3.70 Å².